The maximum Gasteiger partial charge on any atom is 0.319 e. The third-order valence-corrected chi connectivity index (χ3v) is 4.34. The maximum absolute atomic E-state index is 12.1. The van der Waals surface area contributed by atoms with Gasteiger partial charge in [0.1, 0.15) is 0 Å². The number of carbonyl (C=O) groups excluding carboxylic acids is 1. The van der Waals surface area contributed by atoms with Gasteiger partial charge in [-0.25, -0.2) is 4.79 Å². The van der Waals surface area contributed by atoms with Crippen LogP contribution in [0.4, 0.5) is 10.5 Å². The normalized spacial score (nSPS) is 21.6. The molecule has 114 valence electrons. The van der Waals surface area contributed by atoms with E-state index in [1.165, 1.54) is 0 Å². The molecule has 0 heterocycles. The second-order valence-corrected chi connectivity index (χ2v) is 6.31. The van der Waals surface area contributed by atoms with Crippen molar-refractivity contribution in [3.63, 3.8) is 0 Å². The van der Waals surface area contributed by atoms with Crippen LogP contribution in [0.3, 0.4) is 0 Å². The van der Waals surface area contributed by atoms with Crippen LogP contribution < -0.4 is 10.6 Å². The summed E-state index contributed by atoms with van der Waals surface area (Å²) in [5, 5.41) is 14.8. The Morgan fingerprint density at radius 1 is 1.29 bits per heavy atom. The lowest BCUT2D eigenvalue weighted by Crippen LogP contribution is -2.46. The zero-order valence-electron chi connectivity index (χ0n) is 11.9. The number of aryl methyl sites for hydroxylation is 1. The number of hydrogen-bond acceptors (Lipinski definition) is 2. The average Bonchev–Trinajstić information content (AvgIpc) is 2.43. The predicted molar refractivity (Wildman–Crippen MR) is 84.4 cm³/mol. The van der Waals surface area contributed by atoms with E-state index in [0.29, 0.717) is 18.5 Å². The Balaban J connectivity index is 2.00. The van der Waals surface area contributed by atoms with Gasteiger partial charge in [-0.2, -0.15) is 0 Å². The van der Waals surface area contributed by atoms with E-state index in [-0.39, 0.29) is 12.1 Å². The topological polar surface area (TPSA) is 78.4 Å². The molecule has 0 bridgehead atoms. The highest BCUT2D eigenvalue weighted by Crippen LogP contribution is 2.25. The Labute approximate surface area is 132 Å². The maximum atomic E-state index is 12.1. The smallest absolute Gasteiger partial charge is 0.319 e. The molecule has 2 unspecified atom stereocenters. The lowest BCUT2D eigenvalue weighted by atomic mass is 9.84. The van der Waals surface area contributed by atoms with E-state index in [1.54, 1.807) is 0 Å². The highest BCUT2D eigenvalue weighted by atomic mass is 79.9. The first kappa shape index (κ1) is 15.8. The molecule has 0 spiro atoms. The van der Waals surface area contributed by atoms with Gasteiger partial charge in [-0.05, 0) is 37.5 Å². The Kier molecular flexibility index (Phi) is 5.22. The summed E-state index contributed by atoms with van der Waals surface area (Å²) < 4.78 is 0.879. The van der Waals surface area contributed by atoms with Gasteiger partial charge in [-0.15, -0.1) is 0 Å². The molecule has 2 amide bonds. The fraction of sp³-hybridized carbons (Fsp3) is 0.467. The molecule has 2 atom stereocenters. The molecule has 1 aliphatic carbocycles. The van der Waals surface area contributed by atoms with E-state index in [2.05, 4.69) is 26.6 Å². The minimum atomic E-state index is -0.835. The molecule has 21 heavy (non-hydrogen) atoms. The molecule has 0 aromatic heterocycles. The number of carboxylic acids is 1. The molecule has 0 saturated heterocycles. The van der Waals surface area contributed by atoms with Crippen LogP contribution in [-0.2, 0) is 4.79 Å². The first-order valence-corrected chi connectivity index (χ1v) is 7.83. The third kappa shape index (κ3) is 4.20. The van der Waals surface area contributed by atoms with E-state index in [4.69, 9.17) is 0 Å². The second kappa shape index (κ2) is 6.93. The van der Waals surface area contributed by atoms with Crippen molar-refractivity contribution in [2.45, 2.75) is 38.6 Å². The van der Waals surface area contributed by atoms with Crippen LogP contribution >= 0.6 is 15.9 Å². The fourth-order valence-corrected chi connectivity index (χ4v) is 3.02. The van der Waals surface area contributed by atoms with E-state index in [1.807, 2.05) is 25.1 Å². The van der Waals surface area contributed by atoms with Crippen LogP contribution in [0.2, 0.25) is 0 Å². The molecule has 1 aliphatic rings. The summed E-state index contributed by atoms with van der Waals surface area (Å²) in [4.78, 5) is 23.3. The zero-order chi connectivity index (χ0) is 15.4. The summed E-state index contributed by atoms with van der Waals surface area (Å²) >= 11 is 3.36. The quantitative estimate of drug-likeness (QED) is 0.776. The molecule has 1 aromatic carbocycles. The molecule has 1 fully saturated rings. The van der Waals surface area contributed by atoms with Crippen LogP contribution in [0.5, 0.6) is 0 Å². The largest absolute Gasteiger partial charge is 0.481 e. The van der Waals surface area contributed by atoms with Crippen molar-refractivity contribution in [3.8, 4) is 0 Å². The minimum Gasteiger partial charge on any atom is -0.481 e. The number of rotatable bonds is 3. The monoisotopic (exact) mass is 354 g/mol. The minimum absolute atomic E-state index is 0.302. The highest BCUT2D eigenvalue weighted by molar-refractivity contribution is 9.10. The molecule has 5 nitrogen and oxygen atoms in total. The summed E-state index contributed by atoms with van der Waals surface area (Å²) in [6.45, 7) is 1.91. The number of anilines is 1. The molecule has 1 saturated carbocycles. The Morgan fingerprint density at radius 2 is 2.00 bits per heavy atom. The van der Waals surface area contributed by atoms with Crippen molar-refractivity contribution in [2.75, 3.05) is 5.32 Å². The van der Waals surface area contributed by atoms with Crippen LogP contribution in [0, 0.1) is 12.8 Å². The fourth-order valence-electron chi connectivity index (χ4n) is 2.65. The molecular formula is C15H19BrN2O3. The summed E-state index contributed by atoms with van der Waals surface area (Å²) in [5.41, 5.74) is 1.66. The Hall–Kier alpha value is -1.56. The van der Waals surface area contributed by atoms with Gasteiger partial charge in [-0.1, -0.05) is 34.8 Å². The van der Waals surface area contributed by atoms with Gasteiger partial charge in [0.05, 0.1) is 5.92 Å². The van der Waals surface area contributed by atoms with Gasteiger partial charge < -0.3 is 15.7 Å². The number of carbonyl (C=O) groups is 2. The van der Waals surface area contributed by atoms with Crippen LogP contribution in [0.15, 0.2) is 22.7 Å². The highest BCUT2D eigenvalue weighted by Gasteiger charge is 2.31. The summed E-state index contributed by atoms with van der Waals surface area (Å²) in [5.74, 6) is -1.33. The predicted octanol–water partition coefficient (Wildman–Crippen LogP) is 3.52. The van der Waals surface area contributed by atoms with Gasteiger partial charge in [0, 0.05) is 16.2 Å². The molecule has 2 rings (SSSR count). The first-order valence-electron chi connectivity index (χ1n) is 7.04. The number of aliphatic carboxylic acids is 1. The summed E-state index contributed by atoms with van der Waals surface area (Å²) in [7, 11) is 0. The number of nitrogens with one attached hydrogen (secondary N) is 2. The van der Waals surface area contributed by atoms with Crippen molar-refractivity contribution in [1.82, 2.24) is 5.32 Å². The van der Waals surface area contributed by atoms with Gasteiger partial charge >= 0.3 is 12.0 Å². The molecule has 1 aromatic rings. The zero-order valence-corrected chi connectivity index (χ0v) is 13.4. The number of hydrogen-bond donors (Lipinski definition) is 3. The number of carboxylic acid groups (broad SMARTS) is 1. The van der Waals surface area contributed by atoms with Crippen molar-refractivity contribution >= 4 is 33.6 Å². The Bertz CT molecular complexity index is 548. The van der Waals surface area contributed by atoms with Gasteiger partial charge in [0.2, 0.25) is 0 Å². The SMILES string of the molecule is Cc1ccc(Br)cc1NC(=O)NC1CCCCC1C(=O)O. The van der Waals surface area contributed by atoms with Gasteiger partial charge in [0.15, 0.2) is 0 Å². The van der Waals surface area contributed by atoms with Crippen molar-refractivity contribution in [1.29, 1.82) is 0 Å². The molecule has 0 radical (unpaired) electrons. The van der Waals surface area contributed by atoms with E-state index < -0.39 is 11.9 Å². The number of amides is 2. The lowest BCUT2D eigenvalue weighted by Gasteiger charge is -2.29. The van der Waals surface area contributed by atoms with E-state index >= 15 is 0 Å². The standard InChI is InChI=1S/C15H19BrN2O3/c1-9-6-7-10(16)8-13(9)18-15(21)17-12-5-3-2-4-11(12)14(19)20/h6-8,11-12H,2-5H2,1H3,(H,19,20)(H2,17,18,21). The Morgan fingerprint density at radius 3 is 2.71 bits per heavy atom. The van der Waals surface area contributed by atoms with E-state index in [9.17, 15) is 14.7 Å². The summed E-state index contributed by atoms with van der Waals surface area (Å²) in [6, 6.07) is 4.98. The first-order chi connectivity index (χ1) is 9.97. The van der Waals surface area contributed by atoms with Crippen LogP contribution in [0.1, 0.15) is 31.2 Å². The van der Waals surface area contributed by atoms with Crippen LogP contribution in [-0.4, -0.2) is 23.1 Å². The molecular weight excluding hydrogens is 336 g/mol. The number of benzene rings is 1. The van der Waals surface area contributed by atoms with Crippen molar-refractivity contribution in [3.05, 3.63) is 28.2 Å². The average molecular weight is 355 g/mol. The number of urea groups is 1. The second-order valence-electron chi connectivity index (χ2n) is 5.39. The molecule has 3 N–H and O–H groups in total. The van der Waals surface area contributed by atoms with Gasteiger partial charge in [-0.3, -0.25) is 4.79 Å². The number of halogens is 1. The van der Waals surface area contributed by atoms with Crippen LogP contribution in [0.25, 0.3) is 0 Å². The van der Waals surface area contributed by atoms with Gasteiger partial charge in [0.25, 0.3) is 0 Å². The lowest BCUT2D eigenvalue weighted by molar-refractivity contribution is -0.143. The van der Waals surface area contributed by atoms with E-state index in [0.717, 1.165) is 22.9 Å². The van der Waals surface area contributed by atoms with Crippen molar-refractivity contribution in [2.24, 2.45) is 5.92 Å². The molecule has 0 aliphatic heterocycles. The third-order valence-electron chi connectivity index (χ3n) is 3.85. The van der Waals surface area contributed by atoms with Crippen molar-refractivity contribution < 1.29 is 14.7 Å². The molecule has 6 heteroatoms. The summed E-state index contributed by atoms with van der Waals surface area (Å²) in [6.07, 6.45) is 3.18.